The lowest BCUT2D eigenvalue weighted by atomic mass is 9.89. The highest BCUT2D eigenvalue weighted by Gasteiger charge is 2.23. The van der Waals surface area contributed by atoms with Crippen LogP contribution in [0, 0.1) is 6.92 Å². The summed E-state index contributed by atoms with van der Waals surface area (Å²) in [6.07, 6.45) is 29.0. The van der Waals surface area contributed by atoms with E-state index in [0.29, 0.717) is 0 Å². The molecule has 1 aromatic heterocycles. The summed E-state index contributed by atoms with van der Waals surface area (Å²) >= 11 is 0. The van der Waals surface area contributed by atoms with E-state index in [1.54, 1.807) is 0 Å². The highest BCUT2D eigenvalue weighted by molar-refractivity contribution is 5.78. The molecular formula is C61H54N2. The topological polar surface area (TPSA) is 8.17 Å². The Hall–Kier alpha value is -7.42. The number of aromatic nitrogens is 1. The molecule has 0 atom stereocenters. The van der Waals surface area contributed by atoms with Gasteiger partial charge in [0, 0.05) is 34.6 Å². The molecular weight excluding hydrogens is 761 g/mol. The molecule has 0 spiro atoms. The second kappa shape index (κ2) is 19.5. The van der Waals surface area contributed by atoms with Gasteiger partial charge in [0.2, 0.25) is 0 Å². The number of anilines is 2. The molecule has 10 rings (SSSR count). The first-order valence-electron chi connectivity index (χ1n) is 22.4. The minimum Gasteiger partial charge on any atom is -0.317 e. The van der Waals surface area contributed by atoms with E-state index in [1.165, 1.54) is 72.7 Å². The van der Waals surface area contributed by atoms with Gasteiger partial charge in [-0.05, 0) is 162 Å². The van der Waals surface area contributed by atoms with Crippen molar-refractivity contribution >= 4 is 29.1 Å². The predicted molar refractivity (Wildman–Crippen MR) is 270 cm³/mol. The second-order valence-corrected chi connectivity index (χ2v) is 16.4. The van der Waals surface area contributed by atoms with Crippen molar-refractivity contribution < 1.29 is 0 Å². The molecule has 308 valence electrons. The Bertz CT molecular complexity index is 2790. The monoisotopic (exact) mass is 814 g/mol. The molecule has 0 amide bonds. The first-order valence-corrected chi connectivity index (χ1v) is 22.4. The first kappa shape index (κ1) is 41.0. The zero-order valence-electron chi connectivity index (χ0n) is 36.2. The largest absolute Gasteiger partial charge is 0.317 e. The van der Waals surface area contributed by atoms with Crippen LogP contribution in [-0.2, 0) is 12.8 Å². The number of allylic oxidation sites excluding steroid dienone is 10. The van der Waals surface area contributed by atoms with Crippen molar-refractivity contribution in [3.8, 4) is 27.9 Å². The van der Waals surface area contributed by atoms with Gasteiger partial charge >= 0.3 is 0 Å². The van der Waals surface area contributed by atoms with Crippen LogP contribution in [0.15, 0.2) is 230 Å². The van der Waals surface area contributed by atoms with Gasteiger partial charge in [-0.1, -0.05) is 170 Å². The molecule has 3 aliphatic rings. The molecule has 0 N–H and O–H groups in total. The molecule has 3 aliphatic carbocycles. The highest BCUT2D eigenvalue weighted by Crippen LogP contribution is 2.37. The summed E-state index contributed by atoms with van der Waals surface area (Å²) in [5.41, 5.74) is 20.3. The van der Waals surface area contributed by atoms with Crippen molar-refractivity contribution in [1.29, 1.82) is 0 Å². The lowest BCUT2D eigenvalue weighted by molar-refractivity contribution is 0.922. The molecule has 0 saturated heterocycles. The third-order valence-electron chi connectivity index (χ3n) is 12.2. The van der Waals surface area contributed by atoms with Crippen molar-refractivity contribution in [2.24, 2.45) is 0 Å². The summed E-state index contributed by atoms with van der Waals surface area (Å²) in [4.78, 5) is 2.28. The van der Waals surface area contributed by atoms with Crippen LogP contribution < -0.4 is 4.90 Å². The smallest absolute Gasteiger partial charge is 0.0494 e. The SMILES string of the molecule is C=C/C=C(\C=C/N(c1ccc(C)cc1)c1ccc(-c2ccc(-n3c4c(c5c3C=CCC5)CCC=C4)cc2)cc1)C1=CCCC(c2cccc(-c3ccccc3)c2)=C1.c1ccccc1. The highest BCUT2D eigenvalue weighted by atomic mass is 15.1. The number of fused-ring (bicyclic) bond motifs is 3. The lowest BCUT2D eigenvalue weighted by Crippen LogP contribution is -2.08. The third kappa shape index (κ3) is 9.42. The number of hydrogen-bond donors (Lipinski definition) is 0. The van der Waals surface area contributed by atoms with Crippen molar-refractivity contribution in [2.75, 3.05) is 4.90 Å². The zero-order valence-corrected chi connectivity index (χ0v) is 36.2. The van der Waals surface area contributed by atoms with Crippen LogP contribution in [-0.4, -0.2) is 4.57 Å². The summed E-state index contributed by atoms with van der Waals surface area (Å²) in [5.74, 6) is 0. The molecule has 0 unspecified atom stereocenters. The second-order valence-electron chi connectivity index (χ2n) is 16.4. The Labute approximate surface area is 374 Å². The quantitative estimate of drug-likeness (QED) is 0.125. The van der Waals surface area contributed by atoms with Crippen LogP contribution in [0.1, 0.15) is 59.3 Å². The molecule has 0 aliphatic heterocycles. The standard InChI is InChI=1S/C55H48N2.C6H6/c1-3-13-41(45-16-11-18-47(38-45)48-19-12-17-46(39-48)42-14-5-4-6-15-42)36-37-56(49-30-24-40(2)25-31-49)50-32-26-43(27-33-50)44-28-34-51(35-29-44)57-54-22-9-7-20-52(54)53-21-8-10-23-55(53)57;1-2-4-6-5-3-1/h3-6,9-10,12-17,19,22-39H,1,7-8,11,18,20-21H2,2H3;1-6H/b37-36-,41-13+;. The minimum atomic E-state index is 0.993. The van der Waals surface area contributed by atoms with Gasteiger partial charge in [0.25, 0.3) is 0 Å². The summed E-state index contributed by atoms with van der Waals surface area (Å²) in [6, 6.07) is 58.4. The van der Waals surface area contributed by atoms with Gasteiger partial charge in [0.1, 0.15) is 0 Å². The Morgan fingerprint density at radius 1 is 0.556 bits per heavy atom. The average Bonchev–Trinajstić information content (AvgIpc) is 3.70. The Kier molecular flexibility index (Phi) is 12.7. The van der Waals surface area contributed by atoms with Gasteiger partial charge in [-0.25, -0.2) is 0 Å². The predicted octanol–water partition coefficient (Wildman–Crippen LogP) is 16.3. The van der Waals surface area contributed by atoms with Crippen LogP contribution in [0.2, 0.25) is 0 Å². The molecule has 6 aromatic carbocycles. The summed E-state index contributed by atoms with van der Waals surface area (Å²) in [5, 5.41) is 0. The average molecular weight is 815 g/mol. The van der Waals surface area contributed by atoms with Crippen molar-refractivity contribution in [1.82, 2.24) is 4.57 Å². The fourth-order valence-corrected chi connectivity index (χ4v) is 8.96. The third-order valence-corrected chi connectivity index (χ3v) is 12.2. The number of benzene rings is 6. The van der Waals surface area contributed by atoms with Gasteiger partial charge in [-0.15, -0.1) is 0 Å². The van der Waals surface area contributed by atoms with E-state index in [2.05, 4.69) is 205 Å². The number of nitrogens with zero attached hydrogens (tertiary/aromatic N) is 2. The molecule has 1 heterocycles. The Morgan fingerprint density at radius 3 is 1.71 bits per heavy atom. The normalized spacial score (nSPS) is 14.2. The molecule has 0 fully saturated rings. The number of aryl methyl sites for hydroxylation is 1. The first-order chi connectivity index (χ1) is 31.1. The van der Waals surface area contributed by atoms with Crippen LogP contribution in [0.4, 0.5) is 11.4 Å². The maximum absolute atomic E-state index is 4.09. The molecule has 0 bridgehead atoms. The van der Waals surface area contributed by atoms with Gasteiger partial charge in [-0.3, -0.25) is 0 Å². The van der Waals surface area contributed by atoms with E-state index in [4.69, 9.17) is 0 Å². The fraction of sp³-hybridized carbons (Fsp3) is 0.115. The van der Waals surface area contributed by atoms with Crippen LogP contribution in [0.3, 0.4) is 0 Å². The number of rotatable bonds is 10. The van der Waals surface area contributed by atoms with Crippen LogP contribution in [0.25, 0.3) is 45.7 Å². The van der Waals surface area contributed by atoms with E-state index in [-0.39, 0.29) is 0 Å². The Balaban J connectivity index is 0.000000777. The summed E-state index contributed by atoms with van der Waals surface area (Å²) < 4.78 is 2.47. The maximum Gasteiger partial charge on any atom is 0.0494 e. The van der Waals surface area contributed by atoms with Crippen LogP contribution >= 0.6 is 0 Å². The van der Waals surface area contributed by atoms with Crippen molar-refractivity contribution in [2.45, 2.75) is 45.4 Å². The minimum absolute atomic E-state index is 0.993. The van der Waals surface area contributed by atoms with Crippen molar-refractivity contribution in [3.05, 3.63) is 264 Å². The maximum atomic E-state index is 4.09. The van der Waals surface area contributed by atoms with E-state index in [0.717, 1.165) is 55.5 Å². The molecule has 0 radical (unpaired) electrons. The zero-order chi connectivity index (χ0) is 42.8. The van der Waals surface area contributed by atoms with Crippen LogP contribution in [0.5, 0.6) is 0 Å². The molecule has 63 heavy (non-hydrogen) atoms. The summed E-state index contributed by atoms with van der Waals surface area (Å²) in [6.45, 7) is 6.22. The van der Waals surface area contributed by atoms with E-state index in [1.807, 2.05) is 42.5 Å². The van der Waals surface area contributed by atoms with E-state index >= 15 is 0 Å². The molecule has 0 saturated carbocycles. The molecule has 2 nitrogen and oxygen atoms in total. The molecule has 7 aromatic rings. The van der Waals surface area contributed by atoms with E-state index < -0.39 is 0 Å². The van der Waals surface area contributed by atoms with Gasteiger partial charge in [-0.2, -0.15) is 0 Å². The van der Waals surface area contributed by atoms with Gasteiger partial charge in [0.05, 0.1) is 0 Å². The van der Waals surface area contributed by atoms with E-state index in [9.17, 15) is 0 Å². The van der Waals surface area contributed by atoms with Crippen molar-refractivity contribution in [3.63, 3.8) is 0 Å². The van der Waals surface area contributed by atoms with Gasteiger partial charge < -0.3 is 9.47 Å². The Morgan fingerprint density at radius 2 is 1.10 bits per heavy atom. The molecule has 2 heteroatoms. The number of hydrogen-bond acceptors (Lipinski definition) is 1. The lowest BCUT2D eigenvalue weighted by Gasteiger charge is -2.22. The fourth-order valence-electron chi connectivity index (χ4n) is 8.96. The van der Waals surface area contributed by atoms with Gasteiger partial charge in [0.15, 0.2) is 0 Å². The summed E-state index contributed by atoms with van der Waals surface area (Å²) in [7, 11) is 0.